The molecule has 0 aliphatic carbocycles. The highest BCUT2D eigenvalue weighted by atomic mass is 32.2. The highest BCUT2D eigenvalue weighted by molar-refractivity contribution is 8.00. The first-order valence-electron chi connectivity index (χ1n) is 17.4. The van der Waals surface area contributed by atoms with Crippen molar-refractivity contribution >= 4 is 75.4 Å². The number of hydrogen-bond acceptors (Lipinski definition) is 15. The van der Waals surface area contributed by atoms with Crippen LogP contribution in [0.3, 0.4) is 0 Å². The maximum Gasteiger partial charge on any atom is 0.352 e. The molecule has 0 spiro atoms. The number of aliphatic carboxylic acids is 3. The molecule has 2 bridgehead atoms. The maximum absolute atomic E-state index is 13.8. The molecule has 57 heavy (non-hydrogen) atoms. The van der Waals surface area contributed by atoms with Gasteiger partial charge in [0, 0.05) is 53.0 Å². The molecule has 1 aromatic carbocycles. The van der Waals surface area contributed by atoms with Gasteiger partial charge in [0.05, 0.1) is 26.1 Å². The minimum absolute atomic E-state index is 0.0169. The molecule has 4 atom stereocenters. The van der Waals surface area contributed by atoms with Crippen molar-refractivity contribution in [3.63, 3.8) is 0 Å². The summed E-state index contributed by atoms with van der Waals surface area (Å²) >= 11 is 2.18. The molecule has 4 fully saturated rings. The Labute approximate surface area is 329 Å². The zero-order valence-corrected chi connectivity index (χ0v) is 31.6. The number of quaternary nitrogens is 1. The van der Waals surface area contributed by atoms with Gasteiger partial charge in [-0.05, 0) is 19.1 Å². The molecule has 9 N–H and O–H groups in total. The summed E-state index contributed by atoms with van der Waals surface area (Å²) in [6.45, 7) is 4.13. The van der Waals surface area contributed by atoms with Crippen molar-refractivity contribution in [1.82, 2.24) is 20.5 Å². The molecule has 0 saturated carbocycles. The number of Topliss-reactive ketones (excluding diaryl/α,β-unsaturated/α-hetero) is 1. The number of amides is 3. The molecule has 304 valence electrons. The smallest absolute Gasteiger partial charge is 0.352 e. The fraction of sp³-hybridized carbons (Fsp3) is 0.441. The van der Waals surface area contributed by atoms with Gasteiger partial charge < -0.3 is 51.2 Å². The predicted molar refractivity (Wildman–Crippen MR) is 195 cm³/mol. The molecule has 4 saturated heterocycles. The molecular formula is C34H37FN7O13S2+. The number of carboxylic acid groups (broad SMARTS) is 3. The maximum atomic E-state index is 13.8. The summed E-state index contributed by atoms with van der Waals surface area (Å²) in [5.41, 5.74) is 4.55. The average molecular weight is 835 g/mol. The number of β-lactam (4-membered cyclic amide) rings is 1. The van der Waals surface area contributed by atoms with Gasteiger partial charge in [-0.2, -0.15) is 0 Å². The summed E-state index contributed by atoms with van der Waals surface area (Å²) in [6, 6.07) is 0.238. The molecule has 5 aliphatic rings. The van der Waals surface area contributed by atoms with Crippen LogP contribution in [0.2, 0.25) is 0 Å². The zero-order chi connectivity index (χ0) is 41.6. The van der Waals surface area contributed by atoms with Gasteiger partial charge in [0.15, 0.2) is 28.2 Å². The number of nitrogens with zero attached hydrogens (tertiary/aromatic N) is 4. The quantitative estimate of drug-likeness (QED) is 0.0224. The molecule has 4 unspecified atom stereocenters. The highest BCUT2D eigenvalue weighted by Gasteiger charge is 2.58. The largest absolute Gasteiger partial charge is 0.504 e. The third kappa shape index (κ3) is 8.07. The number of thiazole rings is 1. The number of carboxylic acids is 3. The Bertz CT molecular complexity index is 2090. The van der Waals surface area contributed by atoms with Crippen molar-refractivity contribution in [1.29, 1.82) is 0 Å². The standard InChI is InChI=1S/C34H36FN7O13S2/c1-14-16(11-42-5-2-34(3-6-42,4-7-42)13-37-28(49)25(46)15-8-17(35)26(47)19(43)9-15)24(32(53)54)41-29(50)23(30(41)57-14)39-27(48)22(18-12-56-33(36)38-18)40-55-20(31(51)52)10-21(44)45/h8-9,12,14,20,23,30H,2-7,10-11,13H2,1H3,(H8-,36,37,38,39,40,43,44,45,46,47,48,49,51,52,53,54)/p+1. The molecule has 5 aliphatic heterocycles. The Morgan fingerprint density at radius 3 is 2.33 bits per heavy atom. The lowest BCUT2D eigenvalue weighted by molar-refractivity contribution is -0.941. The Morgan fingerprint density at radius 2 is 1.77 bits per heavy atom. The van der Waals surface area contributed by atoms with E-state index in [1.807, 2.05) is 0 Å². The van der Waals surface area contributed by atoms with Gasteiger partial charge in [0.1, 0.15) is 29.4 Å². The van der Waals surface area contributed by atoms with E-state index in [1.54, 1.807) is 6.92 Å². The van der Waals surface area contributed by atoms with E-state index in [9.17, 15) is 58.4 Å². The number of phenolic OH excluding ortho intramolecular Hbond substituents is 2. The predicted octanol–water partition coefficient (Wildman–Crippen LogP) is 0.0511. The molecule has 20 nitrogen and oxygen atoms in total. The number of aromatic hydroxyl groups is 2. The number of aromatic nitrogens is 1. The van der Waals surface area contributed by atoms with Gasteiger partial charge in [-0.25, -0.2) is 19.0 Å². The van der Waals surface area contributed by atoms with E-state index in [0.717, 1.165) is 22.3 Å². The summed E-state index contributed by atoms with van der Waals surface area (Å²) in [5.74, 6) is -11.5. The minimum atomic E-state index is -1.96. The number of fused-ring (bicyclic) bond motifs is 4. The Balaban J connectivity index is 1.12. The lowest BCUT2D eigenvalue weighted by atomic mass is 9.70. The van der Waals surface area contributed by atoms with Crippen molar-refractivity contribution in [3.05, 3.63) is 45.9 Å². The highest BCUT2D eigenvalue weighted by Crippen LogP contribution is 2.48. The topological polar surface area (TPSA) is 308 Å². The number of rotatable bonds is 15. The van der Waals surface area contributed by atoms with E-state index in [-0.39, 0.29) is 28.5 Å². The van der Waals surface area contributed by atoms with Crippen LogP contribution < -0.4 is 16.4 Å². The first-order valence-corrected chi connectivity index (χ1v) is 19.2. The van der Waals surface area contributed by atoms with E-state index in [0.29, 0.717) is 61.6 Å². The first kappa shape index (κ1) is 40.8. The molecule has 7 rings (SSSR count). The number of carbonyl (C=O) groups excluding carboxylic acids is 4. The molecule has 3 amide bonds. The summed E-state index contributed by atoms with van der Waals surface area (Å²) in [7, 11) is 0. The summed E-state index contributed by atoms with van der Waals surface area (Å²) < 4.78 is 14.4. The van der Waals surface area contributed by atoms with E-state index >= 15 is 0 Å². The number of hydrogen-bond donors (Lipinski definition) is 8. The molecule has 6 heterocycles. The van der Waals surface area contributed by atoms with Crippen LogP contribution in [0.15, 0.2) is 33.9 Å². The van der Waals surface area contributed by atoms with Gasteiger partial charge in [0.25, 0.3) is 17.7 Å². The van der Waals surface area contributed by atoms with Crippen molar-refractivity contribution < 1.29 is 72.8 Å². The fourth-order valence-electron chi connectivity index (χ4n) is 7.50. The lowest BCUT2D eigenvalue weighted by Gasteiger charge is -2.56. The first-order chi connectivity index (χ1) is 26.8. The number of anilines is 1. The lowest BCUT2D eigenvalue weighted by Crippen LogP contribution is -2.72. The Hall–Kier alpha value is -5.81. The summed E-state index contributed by atoms with van der Waals surface area (Å²) in [6.07, 6.45) is -1.04. The van der Waals surface area contributed by atoms with Crippen LogP contribution in [0, 0.1) is 11.2 Å². The number of phenols is 2. The van der Waals surface area contributed by atoms with Crippen LogP contribution in [0.4, 0.5) is 9.52 Å². The summed E-state index contributed by atoms with van der Waals surface area (Å²) in [5, 5.41) is 56.7. The van der Waals surface area contributed by atoms with E-state index in [1.165, 1.54) is 17.1 Å². The van der Waals surface area contributed by atoms with Crippen LogP contribution in [0.25, 0.3) is 0 Å². The number of halogens is 1. The van der Waals surface area contributed by atoms with Gasteiger partial charge in [-0.15, -0.1) is 23.1 Å². The fourth-order valence-corrected chi connectivity index (χ4v) is 9.49. The average Bonchev–Trinajstić information content (AvgIpc) is 3.60. The van der Waals surface area contributed by atoms with Crippen LogP contribution in [-0.2, 0) is 33.6 Å². The summed E-state index contributed by atoms with van der Waals surface area (Å²) in [4.78, 5) is 97.8. The van der Waals surface area contributed by atoms with Crippen LogP contribution in [0.5, 0.6) is 11.5 Å². The van der Waals surface area contributed by atoms with Crippen LogP contribution >= 0.6 is 23.1 Å². The monoisotopic (exact) mass is 834 g/mol. The minimum Gasteiger partial charge on any atom is -0.504 e. The number of ketones is 1. The van der Waals surface area contributed by atoms with Crippen LogP contribution in [0.1, 0.15) is 48.7 Å². The molecule has 1 aromatic heterocycles. The van der Waals surface area contributed by atoms with E-state index in [4.69, 9.17) is 15.7 Å². The van der Waals surface area contributed by atoms with Crippen molar-refractivity contribution in [2.24, 2.45) is 10.6 Å². The second kappa shape index (κ2) is 15.6. The van der Waals surface area contributed by atoms with Crippen molar-refractivity contribution in [2.75, 3.05) is 38.5 Å². The van der Waals surface area contributed by atoms with Crippen molar-refractivity contribution in [3.8, 4) is 11.5 Å². The molecule has 2 aromatic rings. The number of oxime groups is 1. The Morgan fingerprint density at radius 1 is 1.11 bits per heavy atom. The third-order valence-corrected chi connectivity index (χ3v) is 12.9. The number of nitrogens with two attached hydrogens (primary N) is 1. The zero-order valence-electron chi connectivity index (χ0n) is 30.0. The van der Waals surface area contributed by atoms with Gasteiger partial charge >= 0.3 is 17.9 Å². The van der Waals surface area contributed by atoms with Gasteiger partial charge in [0.2, 0.25) is 11.9 Å². The molecule has 23 heteroatoms. The number of thioether (sulfide) groups is 1. The normalized spacial score (nSPS) is 25.9. The third-order valence-electron chi connectivity index (χ3n) is 10.8. The number of carbonyl (C=O) groups is 7. The van der Waals surface area contributed by atoms with Gasteiger partial charge in [-0.1, -0.05) is 5.16 Å². The number of nitrogen functional groups attached to an aromatic ring is 1. The second-order valence-electron chi connectivity index (χ2n) is 14.3. The number of benzene rings is 1. The number of nitrogens with one attached hydrogen (secondary N) is 2. The van der Waals surface area contributed by atoms with Crippen molar-refractivity contribution in [2.45, 2.75) is 55.4 Å². The SMILES string of the molecule is CC1SC2C(NC(=O)C(=NOC(CC(=O)O)C(=O)O)c3csc(N)n3)C(=O)N2C(C(=O)O)=C1C[N+]12CCC(CNC(=O)C(=O)c3cc(O)c(O)c(F)c3)(CC1)CC2. The Kier molecular flexibility index (Phi) is 11.2. The van der Waals surface area contributed by atoms with Crippen LogP contribution in [-0.4, -0.2) is 143 Å². The van der Waals surface area contributed by atoms with E-state index in [2.05, 4.69) is 20.8 Å². The van der Waals surface area contributed by atoms with E-state index < -0.39 is 99.2 Å². The molecular weight excluding hydrogens is 798 g/mol. The molecule has 0 radical (unpaired) electrons. The van der Waals surface area contributed by atoms with Gasteiger partial charge in [-0.3, -0.25) is 28.9 Å². The second-order valence-corrected chi connectivity index (χ2v) is 16.7. The number of piperidine rings is 3.